The zero-order chi connectivity index (χ0) is 17.9. The predicted molar refractivity (Wildman–Crippen MR) is 85.2 cm³/mol. The summed E-state index contributed by atoms with van der Waals surface area (Å²) in [6.07, 6.45) is 1.87. The van der Waals surface area contributed by atoms with E-state index >= 15 is 0 Å². The van der Waals surface area contributed by atoms with E-state index in [1.165, 1.54) is 18.3 Å². The third-order valence-corrected chi connectivity index (χ3v) is 4.01. The molecule has 2 heterocycles. The number of hydrogen-bond donors (Lipinski definition) is 1. The van der Waals surface area contributed by atoms with Crippen LogP contribution in [0.25, 0.3) is 0 Å². The number of carbonyl (C=O) groups is 1. The van der Waals surface area contributed by atoms with Crippen molar-refractivity contribution >= 4 is 11.6 Å². The number of nitrogens with one attached hydrogen (secondary N) is 1. The second-order valence-electron chi connectivity index (χ2n) is 5.97. The number of carbonyl (C=O) groups excluding carboxylic acids is 1. The Balaban J connectivity index is 1.63. The first-order valence-electron chi connectivity index (χ1n) is 8.04. The SMILES string of the molecule is O=C(Nc1cnn(CC2CCCCO2)c1)c1cccc(C(F)(F)F)c1. The van der Waals surface area contributed by atoms with E-state index in [1.807, 2.05) is 0 Å². The molecule has 0 spiro atoms. The van der Waals surface area contributed by atoms with Crippen molar-refractivity contribution < 1.29 is 22.7 Å². The number of halogens is 3. The number of nitrogens with zero attached hydrogens (tertiary/aromatic N) is 2. The minimum atomic E-state index is -4.48. The van der Waals surface area contributed by atoms with Crippen LogP contribution in [0, 0.1) is 0 Å². The van der Waals surface area contributed by atoms with Gasteiger partial charge in [-0.3, -0.25) is 9.48 Å². The van der Waals surface area contributed by atoms with E-state index in [0.29, 0.717) is 12.2 Å². The maximum absolute atomic E-state index is 12.7. The molecule has 5 nitrogen and oxygen atoms in total. The van der Waals surface area contributed by atoms with Crippen LogP contribution in [-0.4, -0.2) is 28.4 Å². The van der Waals surface area contributed by atoms with Gasteiger partial charge in [0, 0.05) is 18.4 Å². The van der Waals surface area contributed by atoms with E-state index in [9.17, 15) is 18.0 Å². The summed E-state index contributed by atoms with van der Waals surface area (Å²) in [4.78, 5) is 12.2. The summed E-state index contributed by atoms with van der Waals surface area (Å²) in [5.41, 5.74) is -0.485. The maximum atomic E-state index is 12.7. The largest absolute Gasteiger partial charge is 0.416 e. The van der Waals surface area contributed by atoms with Gasteiger partial charge in [-0.25, -0.2) is 0 Å². The van der Waals surface area contributed by atoms with Crippen molar-refractivity contribution in [2.45, 2.75) is 38.1 Å². The van der Waals surface area contributed by atoms with Gasteiger partial charge in [0.25, 0.3) is 5.91 Å². The van der Waals surface area contributed by atoms with Gasteiger partial charge in [0.15, 0.2) is 0 Å². The summed E-state index contributed by atoms with van der Waals surface area (Å²) in [7, 11) is 0. The third-order valence-electron chi connectivity index (χ3n) is 4.01. The van der Waals surface area contributed by atoms with Gasteiger partial charge < -0.3 is 10.1 Å². The molecule has 1 aromatic carbocycles. The van der Waals surface area contributed by atoms with E-state index in [4.69, 9.17) is 4.74 Å². The van der Waals surface area contributed by atoms with Gasteiger partial charge in [0.2, 0.25) is 0 Å². The quantitative estimate of drug-likeness (QED) is 0.911. The summed E-state index contributed by atoms with van der Waals surface area (Å²) >= 11 is 0. The van der Waals surface area contributed by atoms with Gasteiger partial charge in [-0.2, -0.15) is 18.3 Å². The molecule has 1 unspecified atom stereocenters. The Morgan fingerprint density at radius 1 is 1.36 bits per heavy atom. The topological polar surface area (TPSA) is 56.2 Å². The average molecular weight is 353 g/mol. The molecule has 3 rings (SSSR count). The van der Waals surface area contributed by atoms with Crippen LogP contribution in [0.5, 0.6) is 0 Å². The molecular weight excluding hydrogens is 335 g/mol. The predicted octanol–water partition coefficient (Wildman–Crippen LogP) is 3.72. The highest BCUT2D eigenvalue weighted by atomic mass is 19.4. The maximum Gasteiger partial charge on any atom is 0.416 e. The minimum absolute atomic E-state index is 0.0572. The molecule has 0 saturated carbocycles. The van der Waals surface area contributed by atoms with Crippen molar-refractivity contribution in [2.75, 3.05) is 11.9 Å². The molecule has 1 N–H and O–H groups in total. The van der Waals surface area contributed by atoms with Crippen LogP contribution in [0.1, 0.15) is 35.2 Å². The highest BCUT2D eigenvalue weighted by Gasteiger charge is 2.30. The van der Waals surface area contributed by atoms with E-state index in [2.05, 4.69) is 10.4 Å². The Bertz CT molecular complexity index is 737. The van der Waals surface area contributed by atoms with E-state index in [0.717, 1.165) is 38.0 Å². The van der Waals surface area contributed by atoms with Gasteiger partial charge >= 0.3 is 6.18 Å². The number of rotatable bonds is 4. The zero-order valence-electron chi connectivity index (χ0n) is 13.4. The number of aromatic nitrogens is 2. The fourth-order valence-corrected chi connectivity index (χ4v) is 2.73. The van der Waals surface area contributed by atoms with Crippen LogP contribution in [0.4, 0.5) is 18.9 Å². The Morgan fingerprint density at radius 3 is 2.92 bits per heavy atom. The molecule has 8 heteroatoms. The summed E-state index contributed by atoms with van der Waals surface area (Å²) in [6, 6.07) is 4.31. The lowest BCUT2D eigenvalue weighted by atomic mass is 10.1. The number of anilines is 1. The van der Waals surface area contributed by atoms with Crippen LogP contribution in [0.2, 0.25) is 0 Å². The summed E-state index contributed by atoms with van der Waals surface area (Å²) in [6.45, 7) is 1.32. The lowest BCUT2D eigenvalue weighted by Crippen LogP contribution is -2.24. The number of hydrogen-bond acceptors (Lipinski definition) is 3. The highest BCUT2D eigenvalue weighted by molar-refractivity contribution is 6.04. The molecular formula is C17H18F3N3O2. The number of benzene rings is 1. The molecule has 1 aliphatic heterocycles. The lowest BCUT2D eigenvalue weighted by Gasteiger charge is -2.22. The Kier molecular flexibility index (Phi) is 5.08. The van der Waals surface area contributed by atoms with Crippen LogP contribution >= 0.6 is 0 Å². The molecule has 1 saturated heterocycles. The number of alkyl halides is 3. The molecule has 0 bridgehead atoms. The van der Waals surface area contributed by atoms with Crippen molar-refractivity contribution in [3.63, 3.8) is 0 Å². The second-order valence-corrected chi connectivity index (χ2v) is 5.97. The van der Waals surface area contributed by atoms with Gasteiger partial charge in [0.05, 0.1) is 30.1 Å². The highest BCUT2D eigenvalue weighted by Crippen LogP contribution is 2.29. The summed E-state index contributed by atoms with van der Waals surface area (Å²) in [5, 5.41) is 6.72. The Morgan fingerprint density at radius 2 is 2.20 bits per heavy atom. The van der Waals surface area contributed by atoms with E-state index in [-0.39, 0.29) is 11.7 Å². The molecule has 134 valence electrons. The first-order chi connectivity index (χ1) is 11.9. The normalized spacial score (nSPS) is 18.1. The minimum Gasteiger partial charge on any atom is -0.376 e. The van der Waals surface area contributed by atoms with Crippen LogP contribution in [0.15, 0.2) is 36.7 Å². The van der Waals surface area contributed by atoms with Crippen molar-refractivity contribution in [1.82, 2.24) is 9.78 Å². The molecule has 0 radical (unpaired) electrons. The van der Waals surface area contributed by atoms with E-state index in [1.54, 1.807) is 10.9 Å². The standard InChI is InChI=1S/C17H18F3N3O2/c18-17(19,20)13-5-3-4-12(8-13)16(24)22-14-9-21-23(10-14)11-15-6-1-2-7-25-15/h3-5,8-10,15H,1-2,6-7,11H2,(H,22,24). The summed E-state index contributed by atoms with van der Waals surface area (Å²) < 4.78 is 45.5. The van der Waals surface area contributed by atoms with Gasteiger partial charge in [0.1, 0.15) is 0 Å². The second kappa shape index (κ2) is 7.26. The zero-order valence-corrected chi connectivity index (χ0v) is 13.4. The first-order valence-corrected chi connectivity index (χ1v) is 8.04. The lowest BCUT2D eigenvalue weighted by molar-refractivity contribution is -0.137. The van der Waals surface area contributed by atoms with Gasteiger partial charge in [-0.05, 0) is 37.5 Å². The van der Waals surface area contributed by atoms with Crippen LogP contribution < -0.4 is 5.32 Å². The number of amides is 1. The van der Waals surface area contributed by atoms with Crippen molar-refractivity contribution in [1.29, 1.82) is 0 Å². The van der Waals surface area contributed by atoms with Crippen molar-refractivity contribution in [3.8, 4) is 0 Å². The van der Waals surface area contributed by atoms with Gasteiger partial charge in [-0.1, -0.05) is 6.07 Å². The van der Waals surface area contributed by atoms with E-state index < -0.39 is 17.6 Å². The van der Waals surface area contributed by atoms with Gasteiger partial charge in [-0.15, -0.1) is 0 Å². The molecule has 1 aliphatic rings. The fourth-order valence-electron chi connectivity index (χ4n) is 2.73. The molecule has 25 heavy (non-hydrogen) atoms. The smallest absolute Gasteiger partial charge is 0.376 e. The first kappa shape index (κ1) is 17.5. The molecule has 1 atom stereocenters. The van der Waals surface area contributed by atoms with Crippen molar-refractivity contribution in [3.05, 3.63) is 47.8 Å². The molecule has 0 aliphatic carbocycles. The summed E-state index contributed by atoms with van der Waals surface area (Å²) in [5.74, 6) is -0.612. The third kappa shape index (κ3) is 4.60. The Labute approximate surface area is 142 Å². The number of ether oxygens (including phenoxy) is 1. The fraction of sp³-hybridized carbons (Fsp3) is 0.412. The van der Waals surface area contributed by atoms with Crippen LogP contribution in [-0.2, 0) is 17.5 Å². The Hall–Kier alpha value is -2.35. The average Bonchev–Trinajstić information content (AvgIpc) is 3.02. The van der Waals surface area contributed by atoms with Crippen LogP contribution in [0.3, 0.4) is 0 Å². The van der Waals surface area contributed by atoms with Crippen molar-refractivity contribution in [2.24, 2.45) is 0 Å². The molecule has 1 fully saturated rings. The molecule has 2 aromatic rings. The molecule has 1 aromatic heterocycles. The molecule has 1 amide bonds. The monoisotopic (exact) mass is 353 g/mol.